The minimum absolute atomic E-state index is 0.160. The lowest BCUT2D eigenvalue weighted by atomic mass is 10.2. The van der Waals surface area contributed by atoms with Gasteiger partial charge in [-0.15, -0.1) is 0 Å². The molecule has 0 bridgehead atoms. The number of esters is 2. The number of ether oxygens (including phenoxy) is 5. The number of hydrogen-bond acceptors (Lipinski definition) is 7. The summed E-state index contributed by atoms with van der Waals surface area (Å²) in [6, 6.07) is 8.83. The Kier molecular flexibility index (Phi) is 15.6. The van der Waals surface area contributed by atoms with Crippen molar-refractivity contribution in [2.75, 3.05) is 52.9 Å². The van der Waals surface area contributed by atoms with E-state index >= 15 is 0 Å². The summed E-state index contributed by atoms with van der Waals surface area (Å²) in [6.45, 7) is 5.03. The molecule has 0 aliphatic carbocycles. The zero-order chi connectivity index (χ0) is 21.0. The van der Waals surface area contributed by atoms with Gasteiger partial charge in [-0.2, -0.15) is 0 Å². The predicted octanol–water partition coefficient (Wildman–Crippen LogP) is 3.41. The van der Waals surface area contributed by atoms with E-state index in [9.17, 15) is 9.59 Å². The van der Waals surface area contributed by atoms with E-state index in [2.05, 4.69) is 6.92 Å². The number of hydrogen-bond donors (Lipinski definition) is 0. The molecule has 7 heteroatoms. The number of benzene rings is 1. The first-order valence-corrected chi connectivity index (χ1v) is 10.3. The van der Waals surface area contributed by atoms with Crippen LogP contribution in [0.1, 0.15) is 49.4 Å². The van der Waals surface area contributed by atoms with Crippen molar-refractivity contribution >= 4 is 11.9 Å². The zero-order valence-corrected chi connectivity index (χ0v) is 17.4. The van der Waals surface area contributed by atoms with Gasteiger partial charge in [-0.25, -0.2) is 4.79 Å². The fourth-order valence-electron chi connectivity index (χ4n) is 2.38. The van der Waals surface area contributed by atoms with Gasteiger partial charge in [-0.05, 0) is 18.6 Å². The Hall–Kier alpha value is -1.96. The first-order valence-electron chi connectivity index (χ1n) is 10.3. The summed E-state index contributed by atoms with van der Waals surface area (Å²) in [7, 11) is 0. The highest BCUT2D eigenvalue weighted by molar-refractivity contribution is 5.89. The van der Waals surface area contributed by atoms with Crippen LogP contribution in [0, 0.1) is 0 Å². The normalized spacial score (nSPS) is 10.7. The highest BCUT2D eigenvalue weighted by Crippen LogP contribution is 2.03. The van der Waals surface area contributed by atoms with Gasteiger partial charge in [0, 0.05) is 6.42 Å². The Balaban J connectivity index is 1.79. The summed E-state index contributed by atoms with van der Waals surface area (Å²) < 4.78 is 26.2. The van der Waals surface area contributed by atoms with Crippen molar-refractivity contribution in [3.8, 4) is 0 Å². The molecule has 0 aliphatic rings. The second-order valence-corrected chi connectivity index (χ2v) is 6.37. The van der Waals surface area contributed by atoms with Crippen LogP contribution in [0.4, 0.5) is 0 Å². The molecule has 29 heavy (non-hydrogen) atoms. The molecule has 0 atom stereocenters. The lowest BCUT2D eigenvalue weighted by Crippen LogP contribution is -2.15. The predicted molar refractivity (Wildman–Crippen MR) is 109 cm³/mol. The van der Waals surface area contributed by atoms with E-state index < -0.39 is 0 Å². The van der Waals surface area contributed by atoms with Crippen LogP contribution in [-0.4, -0.2) is 64.8 Å². The van der Waals surface area contributed by atoms with Crippen molar-refractivity contribution in [2.45, 2.75) is 39.0 Å². The molecule has 0 saturated carbocycles. The summed E-state index contributed by atoms with van der Waals surface area (Å²) in [6.07, 6.45) is 4.75. The van der Waals surface area contributed by atoms with Gasteiger partial charge in [-0.3, -0.25) is 4.79 Å². The lowest BCUT2D eigenvalue weighted by molar-refractivity contribution is -0.145. The molecule has 0 heterocycles. The molecule has 7 nitrogen and oxygen atoms in total. The van der Waals surface area contributed by atoms with Crippen molar-refractivity contribution in [2.24, 2.45) is 0 Å². The molecule has 0 N–H and O–H groups in total. The molecular weight excluding hydrogens is 376 g/mol. The van der Waals surface area contributed by atoms with Crippen molar-refractivity contribution in [3.05, 3.63) is 35.9 Å². The number of unbranched alkanes of at least 4 members (excludes halogenated alkanes) is 3. The van der Waals surface area contributed by atoms with Gasteiger partial charge in [0.15, 0.2) is 0 Å². The number of carbonyl (C=O) groups excluding carboxylic acids is 2. The summed E-state index contributed by atoms with van der Waals surface area (Å²) in [5.41, 5.74) is 0.526. The highest BCUT2D eigenvalue weighted by Gasteiger charge is 2.05. The Morgan fingerprint density at radius 2 is 1.24 bits per heavy atom. The Morgan fingerprint density at radius 1 is 0.690 bits per heavy atom. The van der Waals surface area contributed by atoms with E-state index in [0.717, 1.165) is 25.7 Å². The third-order valence-corrected chi connectivity index (χ3v) is 3.94. The maximum atomic E-state index is 11.7. The largest absolute Gasteiger partial charge is 0.463 e. The highest BCUT2D eigenvalue weighted by atomic mass is 16.6. The Labute approximate surface area is 173 Å². The quantitative estimate of drug-likeness (QED) is 0.271. The molecule has 0 aromatic heterocycles. The lowest BCUT2D eigenvalue weighted by Gasteiger charge is -2.08. The fraction of sp³-hybridized carbons (Fsp3) is 0.636. The van der Waals surface area contributed by atoms with Gasteiger partial charge in [0.25, 0.3) is 0 Å². The molecule has 1 aromatic carbocycles. The smallest absolute Gasteiger partial charge is 0.338 e. The van der Waals surface area contributed by atoms with Crippen LogP contribution >= 0.6 is 0 Å². The number of rotatable bonds is 18. The van der Waals surface area contributed by atoms with Gasteiger partial charge >= 0.3 is 11.9 Å². The molecule has 0 fully saturated rings. The molecule has 164 valence electrons. The van der Waals surface area contributed by atoms with E-state index in [1.807, 2.05) is 6.07 Å². The van der Waals surface area contributed by atoms with Crippen LogP contribution in [0.3, 0.4) is 0 Å². The summed E-state index contributed by atoms with van der Waals surface area (Å²) in [4.78, 5) is 23.1. The van der Waals surface area contributed by atoms with E-state index in [1.54, 1.807) is 24.3 Å². The van der Waals surface area contributed by atoms with Gasteiger partial charge in [-0.1, -0.05) is 44.4 Å². The van der Waals surface area contributed by atoms with Gasteiger partial charge < -0.3 is 23.7 Å². The standard InChI is InChI=1S/C22H34O7/c1-2-3-4-8-11-21(23)28-18-16-26-14-12-25-13-15-27-17-19-29-22(24)20-9-6-5-7-10-20/h5-7,9-10H,2-4,8,11-19H2,1H3. The molecule has 0 unspecified atom stereocenters. The van der Waals surface area contributed by atoms with E-state index in [1.165, 1.54) is 0 Å². The SMILES string of the molecule is CCCCCCC(=O)OCCOCCOCCOCCOC(=O)c1ccccc1. The molecule has 1 rings (SSSR count). The average molecular weight is 411 g/mol. The Bertz CT molecular complexity index is 533. The molecular formula is C22H34O7. The van der Waals surface area contributed by atoms with Crippen LogP contribution in [-0.2, 0) is 28.5 Å². The monoisotopic (exact) mass is 410 g/mol. The first-order chi connectivity index (χ1) is 14.2. The third-order valence-electron chi connectivity index (χ3n) is 3.94. The molecule has 0 saturated heterocycles. The van der Waals surface area contributed by atoms with Crippen LogP contribution < -0.4 is 0 Å². The van der Waals surface area contributed by atoms with E-state index in [0.29, 0.717) is 51.6 Å². The third kappa shape index (κ3) is 14.7. The molecule has 0 amide bonds. The Morgan fingerprint density at radius 3 is 1.83 bits per heavy atom. The molecule has 1 aromatic rings. The minimum atomic E-state index is -0.357. The van der Waals surface area contributed by atoms with Gasteiger partial charge in [0.1, 0.15) is 13.2 Å². The van der Waals surface area contributed by atoms with Crippen LogP contribution in [0.5, 0.6) is 0 Å². The van der Waals surface area contributed by atoms with Crippen LogP contribution in [0.25, 0.3) is 0 Å². The number of carbonyl (C=O) groups is 2. The second-order valence-electron chi connectivity index (χ2n) is 6.37. The van der Waals surface area contributed by atoms with Crippen molar-refractivity contribution in [3.63, 3.8) is 0 Å². The molecule has 0 aliphatic heterocycles. The van der Waals surface area contributed by atoms with Crippen LogP contribution in [0.15, 0.2) is 30.3 Å². The van der Waals surface area contributed by atoms with E-state index in [-0.39, 0.29) is 25.2 Å². The second kappa shape index (κ2) is 18.1. The van der Waals surface area contributed by atoms with Crippen LogP contribution in [0.2, 0.25) is 0 Å². The summed E-state index contributed by atoms with van der Waals surface area (Å²) in [5.74, 6) is -0.516. The summed E-state index contributed by atoms with van der Waals surface area (Å²) in [5, 5.41) is 0. The first kappa shape index (κ1) is 25.1. The zero-order valence-electron chi connectivity index (χ0n) is 17.4. The van der Waals surface area contributed by atoms with E-state index in [4.69, 9.17) is 23.7 Å². The molecule has 0 spiro atoms. The maximum absolute atomic E-state index is 11.7. The summed E-state index contributed by atoms with van der Waals surface area (Å²) >= 11 is 0. The fourth-order valence-corrected chi connectivity index (χ4v) is 2.38. The minimum Gasteiger partial charge on any atom is -0.463 e. The van der Waals surface area contributed by atoms with Gasteiger partial charge in [0.2, 0.25) is 0 Å². The van der Waals surface area contributed by atoms with Crippen molar-refractivity contribution < 1.29 is 33.3 Å². The molecule has 0 radical (unpaired) electrons. The topological polar surface area (TPSA) is 80.3 Å². The van der Waals surface area contributed by atoms with Gasteiger partial charge in [0.05, 0.1) is 45.2 Å². The van der Waals surface area contributed by atoms with Crippen molar-refractivity contribution in [1.82, 2.24) is 0 Å². The maximum Gasteiger partial charge on any atom is 0.338 e. The van der Waals surface area contributed by atoms with Crippen molar-refractivity contribution in [1.29, 1.82) is 0 Å². The average Bonchev–Trinajstić information content (AvgIpc) is 2.75.